The number of carboxylic acids is 1. The Balaban J connectivity index is 2.30. The zero-order valence-corrected chi connectivity index (χ0v) is 12.6. The van der Waals surface area contributed by atoms with Crippen LogP contribution in [0.5, 0.6) is 0 Å². The molecule has 1 aliphatic rings. The Morgan fingerprint density at radius 2 is 2.05 bits per heavy atom. The molecule has 1 saturated heterocycles. The third-order valence-electron chi connectivity index (χ3n) is 3.45. The zero-order chi connectivity index (χ0) is 16.0. The lowest BCUT2D eigenvalue weighted by Gasteiger charge is -2.22. The molecule has 0 aromatic heterocycles. The van der Waals surface area contributed by atoms with Gasteiger partial charge in [0.05, 0.1) is 12.0 Å². The van der Waals surface area contributed by atoms with Gasteiger partial charge in [-0.1, -0.05) is 6.92 Å². The van der Waals surface area contributed by atoms with E-state index >= 15 is 0 Å². The van der Waals surface area contributed by atoms with Gasteiger partial charge in [-0.15, -0.1) is 0 Å². The highest BCUT2D eigenvalue weighted by atomic mass is 16.5. The van der Waals surface area contributed by atoms with E-state index in [4.69, 9.17) is 9.84 Å². The van der Waals surface area contributed by atoms with E-state index < -0.39 is 12.1 Å². The van der Waals surface area contributed by atoms with Crippen LogP contribution in [0.25, 0.3) is 0 Å². The third-order valence-corrected chi connectivity index (χ3v) is 3.45. The smallest absolute Gasteiger partial charge is 0.332 e. The fraction of sp³-hybridized carbons (Fsp3) is 0.769. The summed E-state index contributed by atoms with van der Waals surface area (Å²) in [6.07, 6.45) is 0.00683. The molecule has 0 radical (unpaired) electrons. The average molecular weight is 301 g/mol. The molecule has 8 heteroatoms. The Kier molecular flexibility index (Phi) is 6.41. The first-order valence-electron chi connectivity index (χ1n) is 6.94. The van der Waals surface area contributed by atoms with Crippen LogP contribution in [0.1, 0.15) is 19.8 Å². The molecule has 21 heavy (non-hydrogen) atoms. The summed E-state index contributed by atoms with van der Waals surface area (Å²) in [6, 6.07) is -0.312. The van der Waals surface area contributed by atoms with Crippen LogP contribution in [0.4, 0.5) is 4.79 Å². The number of nitrogens with zero attached hydrogens (tertiary/aromatic N) is 1. The molecule has 3 unspecified atom stereocenters. The lowest BCUT2D eigenvalue weighted by molar-refractivity contribution is -0.149. The van der Waals surface area contributed by atoms with Crippen molar-refractivity contribution in [3.8, 4) is 0 Å². The number of carbonyl (C=O) groups is 3. The van der Waals surface area contributed by atoms with Gasteiger partial charge in [0.15, 0.2) is 6.10 Å². The van der Waals surface area contributed by atoms with Crippen molar-refractivity contribution in [1.29, 1.82) is 0 Å². The van der Waals surface area contributed by atoms with E-state index in [0.29, 0.717) is 19.4 Å². The zero-order valence-electron chi connectivity index (χ0n) is 12.6. The molecule has 1 heterocycles. The molecule has 0 aromatic carbocycles. The number of rotatable bonds is 6. The van der Waals surface area contributed by atoms with Gasteiger partial charge in [-0.05, 0) is 12.8 Å². The maximum atomic E-state index is 11.9. The lowest BCUT2D eigenvalue weighted by atomic mass is 10.1. The second-order valence-electron chi connectivity index (χ2n) is 5.24. The molecule has 0 aromatic rings. The SMILES string of the molecule is CNC(=O)C(C)CN(C)C(=O)NCC1CCC(C(=O)O)O1. The minimum atomic E-state index is -0.972. The van der Waals surface area contributed by atoms with Gasteiger partial charge in [0.1, 0.15) is 0 Å². The first kappa shape index (κ1) is 17.2. The minimum Gasteiger partial charge on any atom is -0.479 e. The van der Waals surface area contributed by atoms with Crippen LogP contribution in [-0.4, -0.2) is 67.3 Å². The van der Waals surface area contributed by atoms with Crippen LogP contribution in [0.3, 0.4) is 0 Å². The normalized spacial score (nSPS) is 22.4. The predicted molar refractivity (Wildman–Crippen MR) is 74.8 cm³/mol. The van der Waals surface area contributed by atoms with E-state index in [-0.39, 0.29) is 30.5 Å². The van der Waals surface area contributed by atoms with Crippen molar-refractivity contribution in [3.05, 3.63) is 0 Å². The topological polar surface area (TPSA) is 108 Å². The molecule has 120 valence electrons. The molecule has 3 N–H and O–H groups in total. The highest BCUT2D eigenvalue weighted by Crippen LogP contribution is 2.19. The summed E-state index contributed by atoms with van der Waals surface area (Å²) in [5.74, 6) is -1.40. The van der Waals surface area contributed by atoms with Gasteiger partial charge in [-0.2, -0.15) is 0 Å². The highest BCUT2D eigenvalue weighted by molar-refractivity contribution is 5.79. The Bertz CT molecular complexity index is 401. The van der Waals surface area contributed by atoms with Crippen LogP contribution >= 0.6 is 0 Å². The van der Waals surface area contributed by atoms with E-state index in [2.05, 4.69) is 10.6 Å². The van der Waals surface area contributed by atoms with Gasteiger partial charge in [0.25, 0.3) is 0 Å². The second kappa shape index (κ2) is 7.82. The van der Waals surface area contributed by atoms with Crippen LogP contribution < -0.4 is 10.6 Å². The first-order chi connectivity index (χ1) is 9.85. The van der Waals surface area contributed by atoms with Crippen molar-refractivity contribution >= 4 is 17.9 Å². The molecule has 3 amide bonds. The van der Waals surface area contributed by atoms with E-state index in [1.54, 1.807) is 21.0 Å². The number of amides is 3. The van der Waals surface area contributed by atoms with Crippen LogP contribution in [0.15, 0.2) is 0 Å². The quantitative estimate of drug-likeness (QED) is 0.621. The molecule has 1 aliphatic heterocycles. The number of carboxylic acid groups (broad SMARTS) is 1. The van der Waals surface area contributed by atoms with E-state index in [9.17, 15) is 14.4 Å². The van der Waals surface area contributed by atoms with Crippen LogP contribution in [0, 0.1) is 5.92 Å². The average Bonchev–Trinajstić information content (AvgIpc) is 2.92. The molecule has 0 bridgehead atoms. The molecule has 0 aliphatic carbocycles. The molecule has 0 saturated carbocycles. The summed E-state index contributed by atoms with van der Waals surface area (Å²) in [5.41, 5.74) is 0. The molecule has 3 atom stereocenters. The Hall–Kier alpha value is -1.83. The molecular formula is C13H23N3O5. The fourth-order valence-electron chi connectivity index (χ4n) is 2.20. The van der Waals surface area contributed by atoms with Crippen molar-refractivity contribution in [2.75, 3.05) is 27.2 Å². The van der Waals surface area contributed by atoms with Gasteiger partial charge in [0, 0.05) is 27.2 Å². The molecular weight excluding hydrogens is 278 g/mol. The number of hydrogen-bond acceptors (Lipinski definition) is 4. The maximum Gasteiger partial charge on any atom is 0.332 e. The number of aliphatic carboxylic acids is 1. The number of hydrogen-bond donors (Lipinski definition) is 3. The second-order valence-corrected chi connectivity index (χ2v) is 5.24. The molecule has 0 spiro atoms. The van der Waals surface area contributed by atoms with Gasteiger partial charge >= 0.3 is 12.0 Å². The Morgan fingerprint density at radius 3 is 2.57 bits per heavy atom. The van der Waals surface area contributed by atoms with Crippen molar-refractivity contribution in [3.63, 3.8) is 0 Å². The number of nitrogens with one attached hydrogen (secondary N) is 2. The third kappa shape index (κ3) is 5.22. The largest absolute Gasteiger partial charge is 0.479 e. The standard InChI is InChI=1S/C13H23N3O5/c1-8(11(17)14-2)7-16(3)13(20)15-6-9-4-5-10(21-9)12(18)19/h8-10H,4-7H2,1-3H3,(H,14,17)(H,15,20)(H,18,19). The summed E-state index contributed by atoms with van der Waals surface area (Å²) in [7, 11) is 3.15. The fourth-order valence-corrected chi connectivity index (χ4v) is 2.20. The highest BCUT2D eigenvalue weighted by Gasteiger charge is 2.30. The number of ether oxygens (including phenoxy) is 1. The van der Waals surface area contributed by atoms with Crippen LogP contribution in [0.2, 0.25) is 0 Å². The van der Waals surface area contributed by atoms with Crippen molar-refractivity contribution < 1.29 is 24.2 Å². The van der Waals surface area contributed by atoms with Crippen LogP contribution in [-0.2, 0) is 14.3 Å². The summed E-state index contributed by atoms with van der Waals surface area (Å²) < 4.78 is 5.29. The summed E-state index contributed by atoms with van der Waals surface area (Å²) in [5, 5.41) is 14.0. The molecule has 8 nitrogen and oxygen atoms in total. The predicted octanol–water partition coefficient (Wildman–Crippen LogP) is -0.358. The maximum absolute atomic E-state index is 11.9. The lowest BCUT2D eigenvalue weighted by Crippen LogP contribution is -2.44. The van der Waals surface area contributed by atoms with E-state index in [1.807, 2.05) is 0 Å². The Morgan fingerprint density at radius 1 is 1.38 bits per heavy atom. The summed E-state index contributed by atoms with van der Waals surface area (Å²) in [6.45, 7) is 2.30. The van der Waals surface area contributed by atoms with Gasteiger partial charge < -0.3 is 25.4 Å². The number of carbonyl (C=O) groups excluding carboxylic acids is 2. The van der Waals surface area contributed by atoms with E-state index in [0.717, 1.165) is 0 Å². The van der Waals surface area contributed by atoms with Crippen molar-refractivity contribution in [2.24, 2.45) is 5.92 Å². The molecule has 1 rings (SSSR count). The van der Waals surface area contributed by atoms with E-state index in [1.165, 1.54) is 4.90 Å². The summed E-state index contributed by atoms with van der Waals surface area (Å²) >= 11 is 0. The van der Waals surface area contributed by atoms with Gasteiger partial charge in [-0.25, -0.2) is 9.59 Å². The first-order valence-corrected chi connectivity index (χ1v) is 6.94. The Labute approximate surface area is 123 Å². The van der Waals surface area contributed by atoms with Crippen molar-refractivity contribution in [1.82, 2.24) is 15.5 Å². The van der Waals surface area contributed by atoms with Gasteiger partial charge in [-0.3, -0.25) is 4.79 Å². The van der Waals surface area contributed by atoms with Gasteiger partial charge in [0.2, 0.25) is 5.91 Å². The minimum absolute atomic E-state index is 0.127. The summed E-state index contributed by atoms with van der Waals surface area (Å²) in [4.78, 5) is 35.4. The number of urea groups is 1. The monoisotopic (exact) mass is 301 g/mol. The van der Waals surface area contributed by atoms with Crippen molar-refractivity contribution in [2.45, 2.75) is 32.0 Å². The molecule has 1 fully saturated rings.